The molecule has 2 heterocycles. The van der Waals surface area contributed by atoms with E-state index in [4.69, 9.17) is 5.11 Å². The van der Waals surface area contributed by atoms with E-state index in [1.807, 2.05) is 0 Å². The topological polar surface area (TPSA) is 99.6 Å². The molecule has 1 saturated heterocycles. The number of rotatable bonds is 3. The lowest BCUT2D eigenvalue weighted by Gasteiger charge is -2.33. The maximum absolute atomic E-state index is 12.3. The van der Waals surface area contributed by atoms with E-state index in [2.05, 4.69) is 10.3 Å². The van der Waals surface area contributed by atoms with Gasteiger partial charge in [0.1, 0.15) is 5.69 Å². The molecule has 21 heavy (non-hydrogen) atoms. The molecule has 7 nitrogen and oxygen atoms in total. The van der Waals surface area contributed by atoms with Crippen LogP contribution >= 0.6 is 0 Å². The van der Waals surface area contributed by atoms with Crippen LogP contribution in [0.1, 0.15) is 40.6 Å². The molecule has 2 rings (SSSR count). The Hall–Kier alpha value is -2.44. The van der Waals surface area contributed by atoms with E-state index in [1.165, 1.54) is 25.3 Å². The molecule has 1 aliphatic heterocycles. The molecule has 0 unspecified atom stereocenters. The predicted octanol–water partition coefficient (Wildman–Crippen LogP) is 0.521. The second-order valence-electron chi connectivity index (χ2n) is 5.03. The Bertz CT molecular complexity index is 556. The molecule has 1 aromatic heterocycles. The average molecular weight is 291 g/mol. The van der Waals surface area contributed by atoms with Gasteiger partial charge in [-0.3, -0.25) is 9.59 Å². The van der Waals surface area contributed by atoms with E-state index in [0.717, 1.165) is 12.8 Å². The van der Waals surface area contributed by atoms with Crippen molar-refractivity contribution in [2.45, 2.75) is 25.8 Å². The number of likely N-dealkylation sites (tertiary alicyclic amines) is 1. The molecule has 0 spiro atoms. The number of carboxylic acid groups (broad SMARTS) is 1. The molecule has 0 radical (unpaired) electrons. The summed E-state index contributed by atoms with van der Waals surface area (Å²) in [5.74, 6) is -1.44. The molecule has 1 aromatic rings. The quantitative estimate of drug-likeness (QED) is 0.845. The fourth-order valence-corrected chi connectivity index (χ4v) is 2.40. The van der Waals surface area contributed by atoms with Crippen LogP contribution in [0.3, 0.4) is 0 Å². The van der Waals surface area contributed by atoms with E-state index < -0.39 is 5.97 Å². The first-order valence-corrected chi connectivity index (χ1v) is 6.73. The number of nitrogens with zero attached hydrogens (tertiary/aromatic N) is 2. The van der Waals surface area contributed by atoms with E-state index in [-0.39, 0.29) is 23.6 Å². The predicted molar refractivity (Wildman–Crippen MR) is 73.9 cm³/mol. The molecule has 112 valence electrons. The Morgan fingerprint density at radius 3 is 2.71 bits per heavy atom. The number of aromatic carboxylic acids is 1. The van der Waals surface area contributed by atoms with Gasteiger partial charge in [-0.05, 0) is 25.0 Å². The van der Waals surface area contributed by atoms with Crippen molar-refractivity contribution in [2.24, 2.45) is 0 Å². The molecule has 0 aliphatic carbocycles. The van der Waals surface area contributed by atoms with Crippen molar-refractivity contribution >= 4 is 17.8 Å². The van der Waals surface area contributed by atoms with Crippen molar-refractivity contribution in [3.63, 3.8) is 0 Å². The van der Waals surface area contributed by atoms with Crippen LogP contribution in [0.15, 0.2) is 18.3 Å². The lowest BCUT2D eigenvalue weighted by molar-refractivity contribution is -0.120. The standard InChI is InChI=1S/C14H17N3O4/c1-9(18)16-11-3-2-6-17(8-11)13(19)10-4-5-12(14(20)21)15-7-10/h4-5,7,11H,2-3,6,8H2,1H3,(H,16,18)(H,20,21)/t11-/m0/s1. The largest absolute Gasteiger partial charge is 0.477 e. The van der Waals surface area contributed by atoms with Gasteiger partial charge in [-0.1, -0.05) is 0 Å². The Balaban J connectivity index is 2.04. The van der Waals surface area contributed by atoms with Crippen LogP contribution in [0.5, 0.6) is 0 Å². The van der Waals surface area contributed by atoms with Crippen molar-refractivity contribution < 1.29 is 19.5 Å². The van der Waals surface area contributed by atoms with Gasteiger partial charge >= 0.3 is 5.97 Å². The summed E-state index contributed by atoms with van der Waals surface area (Å²) in [5, 5.41) is 11.6. The zero-order valence-electron chi connectivity index (χ0n) is 11.7. The smallest absolute Gasteiger partial charge is 0.354 e. The molecule has 1 atom stereocenters. The fraction of sp³-hybridized carbons (Fsp3) is 0.429. The van der Waals surface area contributed by atoms with E-state index >= 15 is 0 Å². The van der Waals surface area contributed by atoms with Crippen LogP contribution in [-0.4, -0.2) is 51.9 Å². The molecular weight excluding hydrogens is 274 g/mol. The van der Waals surface area contributed by atoms with Crippen molar-refractivity contribution in [3.05, 3.63) is 29.6 Å². The van der Waals surface area contributed by atoms with Crippen LogP contribution < -0.4 is 5.32 Å². The summed E-state index contributed by atoms with van der Waals surface area (Å²) in [4.78, 5) is 39.5. The fourth-order valence-electron chi connectivity index (χ4n) is 2.40. The van der Waals surface area contributed by atoms with Gasteiger partial charge in [0.25, 0.3) is 5.91 Å². The first kappa shape index (κ1) is 15.0. The van der Waals surface area contributed by atoms with Gasteiger partial charge in [0.15, 0.2) is 0 Å². The van der Waals surface area contributed by atoms with E-state index in [1.54, 1.807) is 4.90 Å². The molecular formula is C14H17N3O4. The number of piperidine rings is 1. The summed E-state index contributed by atoms with van der Waals surface area (Å²) in [7, 11) is 0. The van der Waals surface area contributed by atoms with Gasteiger partial charge in [0.2, 0.25) is 5.91 Å². The lowest BCUT2D eigenvalue weighted by Crippen LogP contribution is -2.49. The van der Waals surface area contributed by atoms with Crippen molar-refractivity contribution in [3.8, 4) is 0 Å². The third-order valence-electron chi connectivity index (χ3n) is 3.35. The van der Waals surface area contributed by atoms with Gasteiger partial charge in [0, 0.05) is 32.3 Å². The van der Waals surface area contributed by atoms with Crippen LogP contribution in [-0.2, 0) is 4.79 Å². The maximum atomic E-state index is 12.3. The Kier molecular flexibility index (Phi) is 4.52. The number of nitrogens with one attached hydrogen (secondary N) is 1. The molecule has 1 fully saturated rings. The normalized spacial score (nSPS) is 18.1. The van der Waals surface area contributed by atoms with Crippen LogP contribution in [0.2, 0.25) is 0 Å². The SMILES string of the molecule is CC(=O)N[C@H]1CCCN(C(=O)c2ccc(C(=O)O)nc2)C1. The van der Waals surface area contributed by atoms with Gasteiger partial charge in [-0.2, -0.15) is 0 Å². The number of hydrogen-bond donors (Lipinski definition) is 2. The lowest BCUT2D eigenvalue weighted by atomic mass is 10.0. The third-order valence-corrected chi connectivity index (χ3v) is 3.35. The molecule has 2 amide bonds. The molecule has 0 bridgehead atoms. The third kappa shape index (κ3) is 3.77. The van der Waals surface area contributed by atoms with Crippen LogP contribution in [0, 0.1) is 0 Å². The molecule has 0 aromatic carbocycles. The summed E-state index contributed by atoms with van der Waals surface area (Å²) in [6, 6.07) is 2.73. The second kappa shape index (κ2) is 6.34. The maximum Gasteiger partial charge on any atom is 0.354 e. The average Bonchev–Trinajstić information content (AvgIpc) is 2.46. The zero-order chi connectivity index (χ0) is 15.4. The van der Waals surface area contributed by atoms with E-state index in [9.17, 15) is 14.4 Å². The van der Waals surface area contributed by atoms with Gasteiger partial charge in [-0.25, -0.2) is 9.78 Å². The first-order valence-electron chi connectivity index (χ1n) is 6.73. The number of carbonyl (C=O) groups is 3. The Labute approximate surface area is 122 Å². The number of carboxylic acids is 1. The number of hydrogen-bond acceptors (Lipinski definition) is 4. The Morgan fingerprint density at radius 1 is 1.38 bits per heavy atom. The summed E-state index contributed by atoms with van der Waals surface area (Å²) < 4.78 is 0. The van der Waals surface area contributed by atoms with Gasteiger partial charge in [-0.15, -0.1) is 0 Å². The van der Waals surface area contributed by atoms with E-state index in [0.29, 0.717) is 18.7 Å². The highest BCUT2D eigenvalue weighted by Gasteiger charge is 2.25. The number of pyridine rings is 1. The summed E-state index contributed by atoms with van der Waals surface area (Å²) in [6.07, 6.45) is 2.94. The second-order valence-corrected chi connectivity index (χ2v) is 5.03. The number of carbonyl (C=O) groups excluding carboxylic acids is 2. The minimum Gasteiger partial charge on any atom is -0.477 e. The minimum atomic E-state index is -1.13. The highest BCUT2D eigenvalue weighted by Crippen LogP contribution is 2.14. The number of amides is 2. The first-order chi connectivity index (χ1) is 9.97. The van der Waals surface area contributed by atoms with Crippen molar-refractivity contribution in [1.29, 1.82) is 0 Å². The van der Waals surface area contributed by atoms with Crippen molar-refractivity contribution in [2.75, 3.05) is 13.1 Å². The zero-order valence-corrected chi connectivity index (χ0v) is 11.7. The molecule has 2 N–H and O–H groups in total. The number of aromatic nitrogens is 1. The summed E-state index contributed by atoms with van der Waals surface area (Å²) >= 11 is 0. The summed E-state index contributed by atoms with van der Waals surface area (Å²) in [6.45, 7) is 2.53. The minimum absolute atomic E-state index is 0.0357. The highest BCUT2D eigenvalue weighted by atomic mass is 16.4. The van der Waals surface area contributed by atoms with Gasteiger partial charge in [0.05, 0.1) is 5.56 Å². The van der Waals surface area contributed by atoms with Crippen molar-refractivity contribution in [1.82, 2.24) is 15.2 Å². The monoisotopic (exact) mass is 291 g/mol. The van der Waals surface area contributed by atoms with Crippen LogP contribution in [0.4, 0.5) is 0 Å². The van der Waals surface area contributed by atoms with Crippen LogP contribution in [0.25, 0.3) is 0 Å². The Morgan fingerprint density at radius 2 is 2.14 bits per heavy atom. The summed E-state index contributed by atoms with van der Waals surface area (Å²) in [5.41, 5.74) is 0.254. The molecule has 1 aliphatic rings. The molecule has 0 saturated carbocycles. The molecule has 7 heteroatoms. The van der Waals surface area contributed by atoms with Gasteiger partial charge < -0.3 is 15.3 Å². The highest BCUT2D eigenvalue weighted by molar-refractivity contribution is 5.95.